The Bertz CT molecular complexity index is 582. The van der Waals surface area contributed by atoms with Gasteiger partial charge in [-0.2, -0.15) is 5.26 Å². The van der Waals surface area contributed by atoms with Crippen LogP contribution in [0.25, 0.3) is 11.1 Å². The van der Waals surface area contributed by atoms with Crippen LogP contribution in [-0.4, -0.2) is 7.11 Å². The van der Waals surface area contributed by atoms with E-state index in [1.54, 1.807) is 7.11 Å². The lowest BCUT2D eigenvalue weighted by molar-refractivity contribution is 0.416. The summed E-state index contributed by atoms with van der Waals surface area (Å²) in [5, 5.41) is 9.19. The van der Waals surface area contributed by atoms with Crippen LogP contribution in [0.4, 0.5) is 0 Å². The molecule has 0 saturated heterocycles. The van der Waals surface area contributed by atoms with E-state index >= 15 is 0 Å². The molecule has 0 atom stereocenters. The summed E-state index contributed by atoms with van der Waals surface area (Å²) in [5.41, 5.74) is 3.68. The maximum Gasteiger partial charge on any atom is 0.128 e. The van der Waals surface area contributed by atoms with Gasteiger partial charge in [-0.05, 0) is 30.2 Å². The van der Waals surface area contributed by atoms with Crippen molar-refractivity contribution in [3.8, 4) is 22.9 Å². The number of benzene rings is 2. The van der Waals surface area contributed by atoms with E-state index in [0.29, 0.717) is 5.56 Å². The Morgan fingerprint density at radius 2 is 1.82 bits per heavy atom. The first-order valence-electron chi connectivity index (χ1n) is 5.41. The van der Waals surface area contributed by atoms with E-state index in [2.05, 4.69) is 6.07 Å². The second-order valence-electron chi connectivity index (χ2n) is 3.81. The minimum atomic E-state index is 0.638. The topological polar surface area (TPSA) is 33.0 Å². The first-order valence-corrected chi connectivity index (χ1v) is 5.41. The van der Waals surface area contributed by atoms with E-state index in [1.807, 2.05) is 49.4 Å². The van der Waals surface area contributed by atoms with Crippen LogP contribution >= 0.6 is 0 Å². The lowest BCUT2D eigenvalue weighted by Crippen LogP contribution is -1.93. The summed E-state index contributed by atoms with van der Waals surface area (Å²) in [6, 6.07) is 15.7. The third-order valence-corrected chi connectivity index (χ3v) is 2.78. The molecule has 0 bridgehead atoms. The lowest BCUT2D eigenvalue weighted by atomic mass is 9.95. The van der Waals surface area contributed by atoms with Gasteiger partial charge in [0.1, 0.15) is 5.75 Å². The molecule has 0 aromatic heterocycles. The summed E-state index contributed by atoms with van der Waals surface area (Å²) in [6.07, 6.45) is 0. The molecular weight excluding hydrogens is 210 g/mol. The molecule has 17 heavy (non-hydrogen) atoms. The molecule has 0 fully saturated rings. The normalized spacial score (nSPS) is 9.71. The molecule has 84 valence electrons. The first-order chi connectivity index (χ1) is 8.27. The molecule has 2 rings (SSSR count). The highest BCUT2D eigenvalue weighted by Gasteiger charge is 2.12. The van der Waals surface area contributed by atoms with Crippen molar-refractivity contribution in [2.75, 3.05) is 7.11 Å². The largest absolute Gasteiger partial charge is 0.496 e. The van der Waals surface area contributed by atoms with Crippen molar-refractivity contribution in [1.29, 1.82) is 5.26 Å². The molecule has 0 spiro atoms. The minimum absolute atomic E-state index is 0.638. The predicted molar refractivity (Wildman–Crippen MR) is 67.9 cm³/mol. The number of methoxy groups -OCH3 is 1. The zero-order valence-electron chi connectivity index (χ0n) is 9.90. The number of aryl methyl sites for hydroxylation is 1. The van der Waals surface area contributed by atoms with Crippen molar-refractivity contribution in [3.05, 3.63) is 53.6 Å². The molecule has 0 aliphatic heterocycles. The third kappa shape index (κ3) is 2.00. The Kier molecular flexibility index (Phi) is 3.11. The molecule has 0 aliphatic carbocycles. The van der Waals surface area contributed by atoms with Gasteiger partial charge in [-0.1, -0.05) is 30.3 Å². The molecule has 2 aromatic rings. The number of hydrogen-bond donors (Lipinski definition) is 0. The Morgan fingerprint density at radius 3 is 2.47 bits per heavy atom. The fraction of sp³-hybridized carbons (Fsp3) is 0.133. The Hall–Kier alpha value is -2.27. The van der Waals surface area contributed by atoms with Crippen LogP contribution in [0.2, 0.25) is 0 Å². The molecule has 0 heterocycles. The molecular formula is C15H13NO. The summed E-state index contributed by atoms with van der Waals surface area (Å²) in [5.74, 6) is 0.735. The molecule has 2 nitrogen and oxygen atoms in total. The molecule has 2 aromatic carbocycles. The van der Waals surface area contributed by atoms with Crippen LogP contribution in [0.5, 0.6) is 5.75 Å². The van der Waals surface area contributed by atoms with E-state index in [0.717, 1.165) is 22.4 Å². The lowest BCUT2D eigenvalue weighted by Gasteiger charge is -2.12. The Balaban J connectivity index is 2.75. The van der Waals surface area contributed by atoms with Crippen LogP contribution in [-0.2, 0) is 0 Å². The van der Waals surface area contributed by atoms with E-state index in [9.17, 15) is 5.26 Å². The van der Waals surface area contributed by atoms with Gasteiger partial charge >= 0.3 is 0 Å². The van der Waals surface area contributed by atoms with Gasteiger partial charge in [0.25, 0.3) is 0 Å². The monoisotopic (exact) mass is 223 g/mol. The van der Waals surface area contributed by atoms with Gasteiger partial charge in [-0.15, -0.1) is 0 Å². The second kappa shape index (κ2) is 4.71. The van der Waals surface area contributed by atoms with Gasteiger partial charge < -0.3 is 4.74 Å². The number of hydrogen-bond acceptors (Lipinski definition) is 2. The molecule has 2 heteroatoms. The summed E-state index contributed by atoms with van der Waals surface area (Å²) in [4.78, 5) is 0. The molecule has 0 N–H and O–H groups in total. The number of ether oxygens (including phenoxy) is 1. The van der Waals surface area contributed by atoms with Crippen molar-refractivity contribution in [2.24, 2.45) is 0 Å². The van der Waals surface area contributed by atoms with Crippen LogP contribution in [0.15, 0.2) is 42.5 Å². The summed E-state index contributed by atoms with van der Waals surface area (Å²) < 4.78 is 5.35. The second-order valence-corrected chi connectivity index (χ2v) is 3.81. The van der Waals surface area contributed by atoms with Gasteiger partial charge in [0.15, 0.2) is 0 Å². The maximum absolute atomic E-state index is 9.19. The smallest absolute Gasteiger partial charge is 0.128 e. The standard InChI is InChI=1S/C15H13NO/c1-11-6-3-4-8-13(11)15-12(10-16)7-5-9-14(15)17-2/h3-9H,1-2H3. The third-order valence-electron chi connectivity index (χ3n) is 2.78. The first kappa shape index (κ1) is 11.2. The SMILES string of the molecule is COc1cccc(C#N)c1-c1ccccc1C. The number of rotatable bonds is 2. The highest BCUT2D eigenvalue weighted by Crippen LogP contribution is 2.34. The predicted octanol–water partition coefficient (Wildman–Crippen LogP) is 3.54. The van der Waals surface area contributed by atoms with Crippen LogP contribution in [0.3, 0.4) is 0 Å². The van der Waals surface area contributed by atoms with E-state index in [-0.39, 0.29) is 0 Å². The maximum atomic E-state index is 9.19. The zero-order valence-corrected chi connectivity index (χ0v) is 9.90. The summed E-state index contributed by atoms with van der Waals surface area (Å²) in [6.45, 7) is 2.03. The number of nitriles is 1. The van der Waals surface area contributed by atoms with Crippen LogP contribution in [0, 0.1) is 18.3 Å². The summed E-state index contributed by atoms with van der Waals surface area (Å²) >= 11 is 0. The van der Waals surface area contributed by atoms with Crippen molar-refractivity contribution in [2.45, 2.75) is 6.92 Å². The molecule has 0 aliphatic rings. The van der Waals surface area contributed by atoms with Crippen molar-refractivity contribution >= 4 is 0 Å². The number of nitrogens with zero attached hydrogens (tertiary/aromatic N) is 1. The quantitative estimate of drug-likeness (QED) is 0.780. The van der Waals surface area contributed by atoms with Crippen LogP contribution in [0.1, 0.15) is 11.1 Å². The molecule has 0 amide bonds. The van der Waals surface area contributed by atoms with Gasteiger partial charge in [0.2, 0.25) is 0 Å². The Morgan fingerprint density at radius 1 is 1.06 bits per heavy atom. The van der Waals surface area contributed by atoms with Crippen molar-refractivity contribution < 1.29 is 4.74 Å². The fourth-order valence-electron chi connectivity index (χ4n) is 1.93. The molecule has 0 unspecified atom stereocenters. The van der Waals surface area contributed by atoms with Gasteiger partial charge in [-0.25, -0.2) is 0 Å². The highest BCUT2D eigenvalue weighted by molar-refractivity contribution is 5.78. The molecule has 0 saturated carbocycles. The van der Waals surface area contributed by atoms with Gasteiger partial charge in [-0.3, -0.25) is 0 Å². The highest BCUT2D eigenvalue weighted by atomic mass is 16.5. The van der Waals surface area contributed by atoms with Crippen molar-refractivity contribution in [3.63, 3.8) is 0 Å². The molecule has 0 radical (unpaired) electrons. The van der Waals surface area contributed by atoms with E-state index in [1.165, 1.54) is 0 Å². The van der Waals surface area contributed by atoms with E-state index < -0.39 is 0 Å². The van der Waals surface area contributed by atoms with Gasteiger partial charge in [0.05, 0.1) is 18.7 Å². The average molecular weight is 223 g/mol. The summed E-state index contributed by atoms with van der Waals surface area (Å²) in [7, 11) is 1.62. The van der Waals surface area contributed by atoms with Crippen LogP contribution < -0.4 is 4.74 Å². The minimum Gasteiger partial charge on any atom is -0.496 e. The van der Waals surface area contributed by atoms with Gasteiger partial charge in [0, 0.05) is 5.56 Å². The van der Waals surface area contributed by atoms with E-state index in [4.69, 9.17) is 4.74 Å². The zero-order chi connectivity index (χ0) is 12.3. The average Bonchev–Trinajstić information content (AvgIpc) is 2.38. The fourth-order valence-corrected chi connectivity index (χ4v) is 1.93. The van der Waals surface area contributed by atoms with Crippen molar-refractivity contribution in [1.82, 2.24) is 0 Å². The Labute approximate surface area is 101 Å².